The van der Waals surface area contributed by atoms with Crippen molar-refractivity contribution < 1.29 is 23.8 Å². The fraction of sp³-hybridized carbons (Fsp3) is 0.333. The molecule has 2 unspecified atom stereocenters. The second kappa shape index (κ2) is 10.8. The first-order chi connectivity index (χ1) is 17.7. The van der Waals surface area contributed by atoms with Crippen molar-refractivity contribution in [3.8, 4) is 5.75 Å². The van der Waals surface area contributed by atoms with Crippen molar-refractivity contribution in [3.63, 3.8) is 0 Å². The number of rotatable bonds is 7. The number of hydrogen-bond donors (Lipinski definition) is 3. The molecule has 4 rings (SSSR count). The van der Waals surface area contributed by atoms with E-state index in [0.717, 1.165) is 5.56 Å². The molecule has 0 fully saturated rings. The van der Waals surface area contributed by atoms with Crippen LogP contribution in [0, 0.1) is 11.7 Å². The Hall–Kier alpha value is -4.21. The number of hydrogen-bond acceptors (Lipinski definition) is 6. The Morgan fingerprint density at radius 1 is 1.16 bits per heavy atom. The first-order valence-electron chi connectivity index (χ1n) is 12.1. The van der Waals surface area contributed by atoms with Crippen LogP contribution in [0.1, 0.15) is 54.1 Å². The lowest BCUT2D eigenvalue weighted by molar-refractivity contribution is 0.0936. The number of nitrogens with one attached hydrogen (secondary N) is 2. The summed E-state index contributed by atoms with van der Waals surface area (Å²) in [5, 5.41) is 16.0. The van der Waals surface area contributed by atoms with Gasteiger partial charge in [0.15, 0.2) is 5.69 Å². The number of aromatic hydroxyl groups is 1. The molecule has 2 aromatic carbocycles. The van der Waals surface area contributed by atoms with E-state index in [-0.39, 0.29) is 31.4 Å². The van der Waals surface area contributed by atoms with E-state index < -0.39 is 40.4 Å². The SMILES string of the molecule is CCC1(NC(=O)OCc2ccccc2)CC(C)Cn2c1nc(C(=O)NCc1ccc(F)cc1)c(O)c2=O. The highest BCUT2D eigenvalue weighted by molar-refractivity contribution is 5.94. The van der Waals surface area contributed by atoms with Gasteiger partial charge >= 0.3 is 6.09 Å². The predicted molar refractivity (Wildman–Crippen MR) is 133 cm³/mol. The molecule has 0 radical (unpaired) electrons. The molecule has 3 N–H and O–H groups in total. The summed E-state index contributed by atoms with van der Waals surface area (Å²) in [4.78, 5) is 43.2. The van der Waals surface area contributed by atoms with Crippen molar-refractivity contribution in [2.75, 3.05) is 0 Å². The maximum absolute atomic E-state index is 13.2. The molecule has 10 heteroatoms. The molecule has 0 bridgehead atoms. The lowest BCUT2D eigenvalue weighted by Crippen LogP contribution is -2.54. The van der Waals surface area contributed by atoms with Crippen molar-refractivity contribution in [3.05, 3.63) is 93.4 Å². The highest BCUT2D eigenvalue weighted by Crippen LogP contribution is 2.36. The van der Waals surface area contributed by atoms with Gasteiger partial charge in [-0.1, -0.05) is 56.3 Å². The topological polar surface area (TPSA) is 123 Å². The van der Waals surface area contributed by atoms with Crippen LogP contribution in [0.5, 0.6) is 5.75 Å². The Morgan fingerprint density at radius 2 is 1.86 bits per heavy atom. The van der Waals surface area contributed by atoms with Gasteiger partial charge in [-0.3, -0.25) is 14.2 Å². The molecular formula is C27H29FN4O5. The summed E-state index contributed by atoms with van der Waals surface area (Å²) >= 11 is 0. The summed E-state index contributed by atoms with van der Waals surface area (Å²) in [5.74, 6) is -1.79. The van der Waals surface area contributed by atoms with Gasteiger partial charge in [-0.15, -0.1) is 0 Å². The minimum atomic E-state index is -1.09. The number of carbonyl (C=O) groups is 2. The molecule has 3 aromatic rings. The lowest BCUT2D eigenvalue weighted by Gasteiger charge is -2.40. The minimum absolute atomic E-state index is 0.0288. The Labute approximate surface area is 213 Å². The van der Waals surface area contributed by atoms with Crippen LogP contribution in [0.2, 0.25) is 0 Å². The van der Waals surface area contributed by atoms with Crippen molar-refractivity contribution in [1.82, 2.24) is 20.2 Å². The molecule has 2 atom stereocenters. The van der Waals surface area contributed by atoms with Gasteiger partial charge < -0.3 is 20.5 Å². The molecule has 194 valence electrons. The number of halogens is 1. The van der Waals surface area contributed by atoms with Crippen LogP contribution in [-0.4, -0.2) is 26.7 Å². The average molecular weight is 509 g/mol. The minimum Gasteiger partial charge on any atom is -0.501 e. The van der Waals surface area contributed by atoms with Crippen LogP contribution in [-0.2, 0) is 30.0 Å². The van der Waals surface area contributed by atoms with Crippen molar-refractivity contribution in [2.24, 2.45) is 5.92 Å². The summed E-state index contributed by atoms with van der Waals surface area (Å²) in [6.45, 7) is 4.15. The third-order valence-electron chi connectivity index (χ3n) is 6.50. The summed E-state index contributed by atoms with van der Waals surface area (Å²) < 4.78 is 19.9. The molecule has 1 aromatic heterocycles. The summed E-state index contributed by atoms with van der Waals surface area (Å²) in [6, 6.07) is 14.8. The molecule has 0 saturated carbocycles. The second-order valence-corrected chi connectivity index (χ2v) is 9.29. The van der Waals surface area contributed by atoms with Gasteiger partial charge in [0.2, 0.25) is 5.75 Å². The predicted octanol–water partition coefficient (Wildman–Crippen LogP) is 3.59. The Bertz CT molecular complexity index is 1340. The Morgan fingerprint density at radius 3 is 2.54 bits per heavy atom. The van der Waals surface area contributed by atoms with Gasteiger partial charge in [-0.05, 0) is 42.0 Å². The number of carbonyl (C=O) groups excluding carboxylic acids is 2. The number of amides is 2. The average Bonchev–Trinajstić information content (AvgIpc) is 2.90. The molecule has 0 saturated heterocycles. The van der Waals surface area contributed by atoms with Crippen LogP contribution in [0.4, 0.5) is 9.18 Å². The number of ether oxygens (including phenoxy) is 1. The maximum Gasteiger partial charge on any atom is 0.408 e. The molecular weight excluding hydrogens is 479 g/mol. The fourth-order valence-electron chi connectivity index (χ4n) is 4.62. The number of aromatic nitrogens is 2. The van der Waals surface area contributed by atoms with Gasteiger partial charge in [0, 0.05) is 13.1 Å². The zero-order valence-corrected chi connectivity index (χ0v) is 20.7. The monoisotopic (exact) mass is 508 g/mol. The Balaban J connectivity index is 1.61. The van der Waals surface area contributed by atoms with E-state index in [2.05, 4.69) is 15.6 Å². The van der Waals surface area contributed by atoms with Crippen LogP contribution in [0.25, 0.3) is 0 Å². The zero-order chi connectivity index (χ0) is 26.6. The molecule has 37 heavy (non-hydrogen) atoms. The van der Waals surface area contributed by atoms with E-state index in [1.54, 1.807) is 0 Å². The zero-order valence-electron chi connectivity index (χ0n) is 20.7. The highest BCUT2D eigenvalue weighted by atomic mass is 19.1. The van der Waals surface area contributed by atoms with E-state index in [1.807, 2.05) is 44.2 Å². The van der Waals surface area contributed by atoms with E-state index >= 15 is 0 Å². The largest absolute Gasteiger partial charge is 0.501 e. The standard InChI is InChI=1S/C27H29FN4O5/c1-3-27(31-26(36)37-16-19-7-5-4-6-8-19)13-17(2)15-32-24(35)22(33)21(30-25(27)32)23(34)29-14-18-9-11-20(28)12-10-18/h4-12,17,33H,3,13-16H2,1-2H3,(H,29,34)(H,31,36). The highest BCUT2D eigenvalue weighted by Gasteiger charge is 2.43. The molecule has 2 amide bonds. The van der Waals surface area contributed by atoms with Crippen LogP contribution >= 0.6 is 0 Å². The van der Waals surface area contributed by atoms with Crippen molar-refractivity contribution in [1.29, 1.82) is 0 Å². The third-order valence-corrected chi connectivity index (χ3v) is 6.50. The van der Waals surface area contributed by atoms with E-state index in [9.17, 15) is 23.9 Å². The number of nitrogens with zero attached hydrogens (tertiary/aromatic N) is 2. The van der Waals surface area contributed by atoms with Gasteiger partial charge in [-0.25, -0.2) is 14.2 Å². The van der Waals surface area contributed by atoms with Gasteiger partial charge in [0.05, 0.1) is 0 Å². The molecule has 1 aliphatic heterocycles. The molecule has 2 heterocycles. The molecule has 1 aliphatic rings. The van der Waals surface area contributed by atoms with E-state index in [1.165, 1.54) is 28.8 Å². The summed E-state index contributed by atoms with van der Waals surface area (Å²) in [7, 11) is 0. The summed E-state index contributed by atoms with van der Waals surface area (Å²) in [5.41, 5.74) is -0.848. The number of benzene rings is 2. The molecule has 9 nitrogen and oxygen atoms in total. The quantitative estimate of drug-likeness (QED) is 0.448. The second-order valence-electron chi connectivity index (χ2n) is 9.29. The lowest BCUT2D eigenvalue weighted by atomic mass is 9.81. The van der Waals surface area contributed by atoms with Crippen LogP contribution in [0.15, 0.2) is 59.4 Å². The first kappa shape index (κ1) is 25.9. The van der Waals surface area contributed by atoms with Gasteiger partial charge in [0.25, 0.3) is 11.5 Å². The van der Waals surface area contributed by atoms with Crippen molar-refractivity contribution in [2.45, 2.75) is 51.9 Å². The van der Waals surface area contributed by atoms with Crippen molar-refractivity contribution >= 4 is 12.0 Å². The van der Waals surface area contributed by atoms with E-state index in [0.29, 0.717) is 18.4 Å². The van der Waals surface area contributed by atoms with Crippen LogP contribution in [0.3, 0.4) is 0 Å². The molecule has 0 spiro atoms. The van der Waals surface area contributed by atoms with Gasteiger partial charge in [-0.2, -0.15) is 0 Å². The normalized spacial score (nSPS) is 18.5. The first-order valence-corrected chi connectivity index (χ1v) is 12.1. The number of alkyl carbamates (subject to hydrolysis) is 1. The Kier molecular flexibility index (Phi) is 7.56. The molecule has 0 aliphatic carbocycles. The van der Waals surface area contributed by atoms with E-state index in [4.69, 9.17) is 4.74 Å². The van der Waals surface area contributed by atoms with Crippen LogP contribution < -0.4 is 16.2 Å². The number of fused-ring (bicyclic) bond motifs is 1. The maximum atomic E-state index is 13.2. The summed E-state index contributed by atoms with van der Waals surface area (Å²) in [6.07, 6.45) is 0.139. The third kappa shape index (κ3) is 5.63. The fourth-order valence-corrected chi connectivity index (χ4v) is 4.62. The van der Waals surface area contributed by atoms with Gasteiger partial charge in [0.1, 0.15) is 23.8 Å². The smallest absolute Gasteiger partial charge is 0.408 e.